The Morgan fingerprint density at radius 3 is 0.772 bits per heavy atom. The Morgan fingerprint density at radius 1 is 0.266 bits per heavy atom. The summed E-state index contributed by atoms with van der Waals surface area (Å²) < 4.78 is 16.9. The standard InChI is InChI=1S/C73H122O6/c1-4-7-10-13-16-19-22-25-27-29-30-31-32-33-34-35-36-37-38-39-40-41-42-44-45-48-51-54-57-60-63-66-72(75)78-69-70(68-77-71(74)65-62-59-56-53-50-47-24-21-18-15-12-9-6-3)79-73(76)67-64-61-58-55-52-49-46-43-28-26-23-20-17-14-11-8-5-2/h7-8,10-11,16-17,19-20,25-28,30-31,33-34,36-37,46,49,70H,4-6,9,12-15,18,21-24,29,32,35,38-45,47-48,50-69H2,1-3H3/b10-7-,11-8-,19-16-,20-17-,27-25-,28-26-,31-30-,34-33-,37-36-,49-46-. The van der Waals surface area contributed by atoms with E-state index >= 15 is 0 Å². The molecular weight excluding hydrogens is 973 g/mol. The van der Waals surface area contributed by atoms with E-state index in [1.807, 2.05) is 0 Å². The quantitative estimate of drug-likeness (QED) is 0.0261. The van der Waals surface area contributed by atoms with Crippen molar-refractivity contribution in [1.29, 1.82) is 0 Å². The topological polar surface area (TPSA) is 78.9 Å². The van der Waals surface area contributed by atoms with Crippen molar-refractivity contribution in [3.05, 3.63) is 122 Å². The minimum Gasteiger partial charge on any atom is -0.462 e. The maximum atomic E-state index is 12.9. The number of rotatable bonds is 59. The van der Waals surface area contributed by atoms with E-state index in [1.165, 1.54) is 128 Å². The molecule has 1 atom stereocenters. The van der Waals surface area contributed by atoms with Crippen molar-refractivity contribution in [1.82, 2.24) is 0 Å². The summed E-state index contributed by atoms with van der Waals surface area (Å²) in [4.78, 5) is 38.3. The highest BCUT2D eigenvalue weighted by Crippen LogP contribution is 2.16. The molecule has 0 radical (unpaired) electrons. The number of hydrogen-bond acceptors (Lipinski definition) is 6. The van der Waals surface area contributed by atoms with Gasteiger partial charge in [0.05, 0.1) is 0 Å². The van der Waals surface area contributed by atoms with Gasteiger partial charge in [0.1, 0.15) is 13.2 Å². The van der Waals surface area contributed by atoms with Crippen LogP contribution in [0, 0.1) is 0 Å². The number of carbonyl (C=O) groups is 3. The van der Waals surface area contributed by atoms with Gasteiger partial charge in [-0.1, -0.05) is 296 Å². The average molecular weight is 1100 g/mol. The Labute approximate surface area is 488 Å². The molecule has 0 N–H and O–H groups in total. The minimum atomic E-state index is -0.793. The lowest BCUT2D eigenvalue weighted by atomic mass is 10.0. The van der Waals surface area contributed by atoms with Crippen molar-refractivity contribution in [3.63, 3.8) is 0 Å². The molecule has 79 heavy (non-hydrogen) atoms. The van der Waals surface area contributed by atoms with Gasteiger partial charge in [-0.15, -0.1) is 0 Å². The maximum Gasteiger partial charge on any atom is 0.306 e. The van der Waals surface area contributed by atoms with Crippen molar-refractivity contribution < 1.29 is 28.6 Å². The van der Waals surface area contributed by atoms with Gasteiger partial charge in [0.15, 0.2) is 6.10 Å². The zero-order valence-corrected chi connectivity index (χ0v) is 51.6. The second-order valence-electron chi connectivity index (χ2n) is 21.6. The van der Waals surface area contributed by atoms with Gasteiger partial charge in [-0.2, -0.15) is 0 Å². The first kappa shape index (κ1) is 74.8. The molecule has 6 nitrogen and oxygen atoms in total. The lowest BCUT2D eigenvalue weighted by Crippen LogP contribution is -2.30. The third kappa shape index (κ3) is 64.5. The van der Waals surface area contributed by atoms with Crippen LogP contribution in [0.5, 0.6) is 0 Å². The molecule has 0 aromatic rings. The molecular formula is C73H122O6. The van der Waals surface area contributed by atoms with Gasteiger partial charge in [0.25, 0.3) is 0 Å². The van der Waals surface area contributed by atoms with Crippen molar-refractivity contribution in [3.8, 4) is 0 Å². The highest BCUT2D eigenvalue weighted by molar-refractivity contribution is 5.71. The molecule has 0 aromatic heterocycles. The fourth-order valence-corrected chi connectivity index (χ4v) is 9.09. The smallest absolute Gasteiger partial charge is 0.306 e. The highest BCUT2D eigenvalue weighted by Gasteiger charge is 2.19. The minimum absolute atomic E-state index is 0.0871. The summed E-state index contributed by atoms with van der Waals surface area (Å²) in [6.07, 6.45) is 92.1. The number of hydrogen-bond donors (Lipinski definition) is 0. The normalized spacial score (nSPS) is 12.9. The lowest BCUT2D eigenvalue weighted by molar-refractivity contribution is -0.167. The van der Waals surface area contributed by atoms with Crippen molar-refractivity contribution in [2.75, 3.05) is 13.2 Å². The van der Waals surface area contributed by atoms with Crippen molar-refractivity contribution in [2.24, 2.45) is 0 Å². The fraction of sp³-hybridized carbons (Fsp3) is 0.685. The molecule has 0 saturated heterocycles. The van der Waals surface area contributed by atoms with Gasteiger partial charge in [0, 0.05) is 19.3 Å². The van der Waals surface area contributed by atoms with Crippen molar-refractivity contribution in [2.45, 2.75) is 309 Å². The summed E-state index contributed by atoms with van der Waals surface area (Å²) in [6, 6.07) is 0. The third-order valence-electron chi connectivity index (χ3n) is 14.0. The van der Waals surface area contributed by atoms with Crippen LogP contribution < -0.4 is 0 Å². The summed E-state index contributed by atoms with van der Waals surface area (Å²) >= 11 is 0. The molecule has 0 amide bonds. The maximum absolute atomic E-state index is 12.9. The van der Waals surface area contributed by atoms with Gasteiger partial charge < -0.3 is 14.2 Å². The number of unbranched alkanes of at least 4 members (excludes halogenated alkanes) is 28. The van der Waals surface area contributed by atoms with E-state index in [-0.39, 0.29) is 31.1 Å². The average Bonchev–Trinajstić information content (AvgIpc) is 3.45. The molecule has 0 bridgehead atoms. The van der Waals surface area contributed by atoms with Crippen LogP contribution in [0.25, 0.3) is 0 Å². The van der Waals surface area contributed by atoms with Crippen LogP contribution in [0.4, 0.5) is 0 Å². The van der Waals surface area contributed by atoms with E-state index in [1.54, 1.807) is 0 Å². The summed E-state index contributed by atoms with van der Waals surface area (Å²) in [5, 5.41) is 0. The second-order valence-corrected chi connectivity index (χ2v) is 21.6. The van der Waals surface area contributed by atoms with Crippen LogP contribution in [0.2, 0.25) is 0 Å². The molecule has 0 aliphatic rings. The Hall–Kier alpha value is -4.19. The van der Waals surface area contributed by atoms with Crippen LogP contribution in [-0.2, 0) is 28.6 Å². The third-order valence-corrected chi connectivity index (χ3v) is 14.0. The zero-order valence-electron chi connectivity index (χ0n) is 51.6. The number of carbonyl (C=O) groups excluding carboxylic acids is 3. The highest BCUT2D eigenvalue weighted by atomic mass is 16.6. The van der Waals surface area contributed by atoms with Gasteiger partial charge in [-0.3, -0.25) is 14.4 Å². The molecule has 0 heterocycles. The second kappa shape index (κ2) is 66.3. The SMILES string of the molecule is CC/C=C\C/C=C\C/C=C\C/C=C\C/C=C\C/C=C\CCCCCCCCCCCCCCC(=O)OCC(COC(=O)CCCCCCCCCCCCCCC)OC(=O)CCCCCC/C=C\C/C=C\C/C=C\C/C=C\CC. The molecule has 0 saturated carbocycles. The van der Waals surface area contributed by atoms with E-state index in [0.717, 1.165) is 135 Å². The van der Waals surface area contributed by atoms with E-state index < -0.39 is 6.10 Å². The summed E-state index contributed by atoms with van der Waals surface area (Å²) in [5.41, 5.74) is 0. The molecule has 0 spiro atoms. The van der Waals surface area contributed by atoms with E-state index in [9.17, 15) is 14.4 Å². The van der Waals surface area contributed by atoms with Crippen LogP contribution in [0.1, 0.15) is 303 Å². The van der Waals surface area contributed by atoms with Gasteiger partial charge in [0.2, 0.25) is 0 Å². The number of esters is 3. The first-order valence-electron chi connectivity index (χ1n) is 33.0. The van der Waals surface area contributed by atoms with E-state index in [0.29, 0.717) is 19.3 Å². The molecule has 0 aliphatic heterocycles. The van der Waals surface area contributed by atoms with Gasteiger partial charge in [-0.25, -0.2) is 0 Å². The van der Waals surface area contributed by atoms with Gasteiger partial charge >= 0.3 is 17.9 Å². The predicted molar refractivity (Wildman–Crippen MR) is 343 cm³/mol. The molecule has 0 aromatic carbocycles. The molecule has 6 heteroatoms. The van der Waals surface area contributed by atoms with Crippen LogP contribution in [0.15, 0.2) is 122 Å². The summed E-state index contributed by atoms with van der Waals surface area (Å²) in [7, 11) is 0. The molecule has 1 unspecified atom stereocenters. The summed E-state index contributed by atoms with van der Waals surface area (Å²) in [5.74, 6) is -0.905. The molecule has 0 rings (SSSR count). The van der Waals surface area contributed by atoms with Crippen LogP contribution >= 0.6 is 0 Å². The number of allylic oxidation sites excluding steroid dienone is 20. The van der Waals surface area contributed by atoms with Crippen molar-refractivity contribution >= 4 is 17.9 Å². The molecule has 0 aliphatic carbocycles. The van der Waals surface area contributed by atoms with E-state index in [4.69, 9.17) is 14.2 Å². The lowest BCUT2D eigenvalue weighted by Gasteiger charge is -2.18. The Balaban J connectivity index is 4.27. The Kier molecular flexibility index (Phi) is 62.8. The molecule has 450 valence electrons. The van der Waals surface area contributed by atoms with Crippen LogP contribution in [0.3, 0.4) is 0 Å². The zero-order chi connectivity index (χ0) is 57.1. The largest absolute Gasteiger partial charge is 0.462 e. The molecule has 0 fully saturated rings. The monoisotopic (exact) mass is 1090 g/mol. The fourth-order valence-electron chi connectivity index (χ4n) is 9.09. The van der Waals surface area contributed by atoms with E-state index in [2.05, 4.69) is 142 Å². The predicted octanol–water partition coefficient (Wildman–Crippen LogP) is 22.8. The Bertz CT molecular complexity index is 1640. The number of ether oxygens (including phenoxy) is 3. The first-order valence-corrected chi connectivity index (χ1v) is 33.0. The van der Waals surface area contributed by atoms with Gasteiger partial charge in [-0.05, 0) is 109 Å². The first-order chi connectivity index (χ1) is 39.0. The Morgan fingerprint density at radius 2 is 0.494 bits per heavy atom. The van der Waals surface area contributed by atoms with Crippen LogP contribution in [-0.4, -0.2) is 37.2 Å². The summed E-state index contributed by atoms with van der Waals surface area (Å²) in [6.45, 7) is 6.41.